The third-order valence-electron chi connectivity index (χ3n) is 7.23. The molecule has 1 saturated carbocycles. The summed E-state index contributed by atoms with van der Waals surface area (Å²) in [4.78, 5) is 11.6. The molecule has 1 aliphatic carbocycles. The average molecular weight is 483 g/mol. The lowest BCUT2D eigenvalue weighted by atomic mass is 9.63. The Morgan fingerprint density at radius 1 is 1.09 bits per heavy atom. The Hall–Kier alpha value is -2.69. The Bertz CT molecular complexity index is 1040. The molecule has 2 aromatic rings. The first-order chi connectivity index (χ1) is 16.5. The van der Waals surface area contributed by atoms with Gasteiger partial charge < -0.3 is 18.9 Å². The van der Waals surface area contributed by atoms with Gasteiger partial charge >= 0.3 is 5.97 Å². The summed E-state index contributed by atoms with van der Waals surface area (Å²) in [5, 5.41) is 0. The zero-order valence-electron chi connectivity index (χ0n) is 22.7. The number of hydrogen-bond acceptors (Lipinski definition) is 5. The van der Waals surface area contributed by atoms with E-state index in [0.29, 0.717) is 41.1 Å². The molecule has 0 saturated heterocycles. The van der Waals surface area contributed by atoms with Gasteiger partial charge in [0.25, 0.3) is 0 Å². The van der Waals surface area contributed by atoms with E-state index in [2.05, 4.69) is 33.8 Å². The molecule has 3 rings (SSSR count). The average Bonchev–Trinajstić information content (AvgIpc) is 2.78. The summed E-state index contributed by atoms with van der Waals surface area (Å²) in [5.74, 6) is 3.63. The Kier molecular flexibility index (Phi) is 8.74. The summed E-state index contributed by atoms with van der Waals surface area (Å²) >= 11 is 0. The van der Waals surface area contributed by atoms with Crippen molar-refractivity contribution in [1.29, 1.82) is 0 Å². The minimum Gasteiger partial charge on any atom is -0.496 e. The van der Waals surface area contributed by atoms with Gasteiger partial charge in [0.15, 0.2) is 11.5 Å². The van der Waals surface area contributed by atoms with Crippen molar-refractivity contribution in [2.75, 3.05) is 13.7 Å². The van der Waals surface area contributed by atoms with Crippen molar-refractivity contribution in [3.63, 3.8) is 0 Å². The lowest BCUT2D eigenvalue weighted by molar-refractivity contribution is -0.142. The van der Waals surface area contributed by atoms with Crippen molar-refractivity contribution >= 4 is 5.97 Å². The minimum atomic E-state index is -0.330. The maximum Gasteiger partial charge on any atom is 0.302 e. The maximum absolute atomic E-state index is 11.6. The van der Waals surface area contributed by atoms with Crippen LogP contribution in [0.1, 0.15) is 76.1 Å². The molecular formula is C30H42O5. The van der Waals surface area contributed by atoms with E-state index < -0.39 is 0 Å². The molecule has 0 radical (unpaired) electrons. The van der Waals surface area contributed by atoms with E-state index in [4.69, 9.17) is 18.9 Å². The zero-order chi connectivity index (χ0) is 25.8. The van der Waals surface area contributed by atoms with Crippen LogP contribution < -0.4 is 14.2 Å². The second-order valence-electron chi connectivity index (χ2n) is 11.0. The molecule has 1 unspecified atom stereocenters. The van der Waals surface area contributed by atoms with Crippen molar-refractivity contribution in [1.82, 2.24) is 0 Å². The Morgan fingerprint density at radius 2 is 1.83 bits per heavy atom. The van der Waals surface area contributed by atoms with Gasteiger partial charge in [0.05, 0.1) is 13.7 Å². The fourth-order valence-electron chi connectivity index (χ4n) is 4.62. The number of ether oxygens (including phenoxy) is 4. The number of hydrogen-bond donors (Lipinski definition) is 0. The normalized spacial score (nSPS) is 16.5. The highest BCUT2D eigenvalue weighted by Crippen LogP contribution is 2.47. The molecule has 5 heteroatoms. The van der Waals surface area contributed by atoms with Gasteiger partial charge in [-0.2, -0.15) is 0 Å². The summed E-state index contributed by atoms with van der Waals surface area (Å²) in [5.41, 5.74) is 4.23. The summed E-state index contributed by atoms with van der Waals surface area (Å²) in [6.07, 6.45) is 4.44. The van der Waals surface area contributed by atoms with E-state index in [0.717, 1.165) is 35.3 Å². The standard InChI is InChI=1S/C30H42O5/c1-19(2)9-10-23-11-12-26(21(4)28(23)32-8)35-29-24(17-33-22(5)31)15-20(3)16-27(29)34-18-25-13-14-30(25,6)7/h11-12,15-16,19,25H,9-10,13-14,17-18H2,1-8H3. The molecule has 35 heavy (non-hydrogen) atoms. The molecule has 0 spiro atoms. The number of esters is 1. The van der Waals surface area contributed by atoms with Crippen LogP contribution in [-0.4, -0.2) is 19.7 Å². The van der Waals surface area contributed by atoms with E-state index in [1.54, 1.807) is 7.11 Å². The Balaban J connectivity index is 1.95. The molecule has 0 bridgehead atoms. The summed E-state index contributed by atoms with van der Waals surface area (Å²) in [6.45, 7) is 15.2. The van der Waals surface area contributed by atoms with E-state index in [1.807, 2.05) is 32.0 Å². The third-order valence-corrected chi connectivity index (χ3v) is 7.23. The van der Waals surface area contributed by atoms with Gasteiger partial charge in [0.2, 0.25) is 0 Å². The number of rotatable bonds is 11. The fraction of sp³-hybridized carbons (Fsp3) is 0.567. The third kappa shape index (κ3) is 6.71. The summed E-state index contributed by atoms with van der Waals surface area (Å²) in [7, 11) is 1.71. The van der Waals surface area contributed by atoms with Gasteiger partial charge in [-0.05, 0) is 86.1 Å². The van der Waals surface area contributed by atoms with E-state index in [-0.39, 0.29) is 12.6 Å². The first kappa shape index (κ1) is 26.9. The van der Waals surface area contributed by atoms with Crippen molar-refractivity contribution in [3.05, 3.63) is 46.5 Å². The molecule has 2 aromatic carbocycles. The van der Waals surface area contributed by atoms with Gasteiger partial charge in [-0.3, -0.25) is 4.79 Å². The van der Waals surface area contributed by atoms with Crippen LogP contribution in [0.3, 0.4) is 0 Å². The molecule has 0 aromatic heterocycles. The number of methoxy groups -OCH3 is 1. The SMILES string of the molecule is COc1c(CCC(C)C)ccc(Oc2c(COC(C)=O)cc(C)cc2OCC2CCC2(C)C)c1C. The van der Waals surface area contributed by atoms with Crippen molar-refractivity contribution < 1.29 is 23.7 Å². The lowest BCUT2D eigenvalue weighted by Crippen LogP contribution is -2.38. The first-order valence-electron chi connectivity index (χ1n) is 12.8. The molecule has 0 heterocycles. The molecule has 5 nitrogen and oxygen atoms in total. The van der Waals surface area contributed by atoms with Crippen molar-refractivity contribution in [2.24, 2.45) is 17.3 Å². The van der Waals surface area contributed by atoms with Crippen LogP contribution in [0.15, 0.2) is 24.3 Å². The van der Waals surface area contributed by atoms with Gasteiger partial charge in [-0.15, -0.1) is 0 Å². The second-order valence-corrected chi connectivity index (χ2v) is 11.0. The number of aryl methyl sites for hydroxylation is 2. The van der Waals surface area contributed by atoms with Crippen LogP contribution in [0.2, 0.25) is 0 Å². The first-order valence-corrected chi connectivity index (χ1v) is 12.8. The fourth-order valence-corrected chi connectivity index (χ4v) is 4.62. The second kappa shape index (κ2) is 11.4. The van der Waals surface area contributed by atoms with E-state index >= 15 is 0 Å². The number of carbonyl (C=O) groups excluding carboxylic acids is 1. The monoisotopic (exact) mass is 482 g/mol. The van der Waals surface area contributed by atoms with Crippen molar-refractivity contribution in [3.8, 4) is 23.0 Å². The van der Waals surface area contributed by atoms with Crippen LogP contribution in [0.4, 0.5) is 0 Å². The topological polar surface area (TPSA) is 54.0 Å². The highest BCUT2D eigenvalue weighted by molar-refractivity contribution is 5.66. The maximum atomic E-state index is 11.6. The Morgan fingerprint density at radius 3 is 2.40 bits per heavy atom. The van der Waals surface area contributed by atoms with Crippen LogP contribution in [0, 0.1) is 31.1 Å². The summed E-state index contributed by atoms with van der Waals surface area (Å²) < 4.78 is 24.0. The highest BCUT2D eigenvalue weighted by Gasteiger charge is 2.38. The quantitative estimate of drug-likeness (QED) is 0.309. The van der Waals surface area contributed by atoms with Gasteiger partial charge in [0, 0.05) is 18.1 Å². The highest BCUT2D eigenvalue weighted by atomic mass is 16.5. The molecular weight excluding hydrogens is 440 g/mol. The van der Waals surface area contributed by atoms with Gasteiger partial charge in [-0.1, -0.05) is 33.8 Å². The van der Waals surface area contributed by atoms with Crippen molar-refractivity contribution in [2.45, 2.75) is 80.8 Å². The molecule has 0 aliphatic heterocycles. The van der Waals surface area contributed by atoms with Crippen LogP contribution in [0.25, 0.3) is 0 Å². The molecule has 0 N–H and O–H groups in total. The molecule has 1 atom stereocenters. The number of carbonyl (C=O) groups is 1. The van der Waals surface area contributed by atoms with Gasteiger partial charge in [0.1, 0.15) is 18.1 Å². The van der Waals surface area contributed by atoms with Gasteiger partial charge in [-0.25, -0.2) is 0 Å². The Labute approximate surface area is 211 Å². The predicted molar refractivity (Wildman–Crippen MR) is 140 cm³/mol. The lowest BCUT2D eigenvalue weighted by Gasteiger charge is -2.44. The zero-order valence-corrected chi connectivity index (χ0v) is 22.7. The molecule has 1 fully saturated rings. The van der Waals surface area contributed by atoms with E-state index in [9.17, 15) is 4.79 Å². The van der Waals surface area contributed by atoms with Crippen LogP contribution in [-0.2, 0) is 22.6 Å². The smallest absolute Gasteiger partial charge is 0.302 e. The molecule has 192 valence electrons. The largest absolute Gasteiger partial charge is 0.496 e. The van der Waals surface area contributed by atoms with Crippen LogP contribution in [0.5, 0.6) is 23.0 Å². The predicted octanol–water partition coefficient (Wildman–Crippen LogP) is 7.57. The number of benzene rings is 2. The van der Waals surface area contributed by atoms with Crippen LogP contribution >= 0.6 is 0 Å². The minimum absolute atomic E-state index is 0.125. The summed E-state index contributed by atoms with van der Waals surface area (Å²) in [6, 6.07) is 8.08. The molecule has 0 amide bonds. The molecule has 1 aliphatic rings. The van der Waals surface area contributed by atoms with E-state index in [1.165, 1.54) is 25.3 Å².